The largest absolute Gasteiger partial charge is 0.481 e. The van der Waals surface area contributed by atoms with E-state index < -0.39 is 11.9 Å². The maximum Gasteiger partial charge on any atom is 0.308 e. The summed E-state index contributed by atoms with van der Waals surface area (Å²) in [6.45, 7) is 6.99. The average Bonchev–Trinajstić information content (AvgIpc) is 3.95. The zero-order valence-corrected chi connectivity index (χ0v) is 38.9. The minimum atomic E-state index is -0.741. The van der Waals surface area contributed by atoms with E-state index in [0.29, 0.717) is 66.4 Å². The zero-order valence-electron chi connectivity index (χ0n) is 37.2. The number of aromatic nitrogens is 2. The Balaban J connectivity index is 0.000000160. The van der Waals surface area contributed by atoms with Crippen LogP contribution in [0.15, 0.2) is 34.3 Å². The third-order valence-corrected chi connectivity index (χ3v) is 18.4. The number of nitrogens with zero attached hydrogens (tertiary/aromatic N) is 4. The van der Waals surface area contributed by atoms with Gasteiger partial charge in [0.2, 0.25) is 0 Å². The van der Waals surface area contributed by atoms with Crippen LogP contribution < -0.4 is 20.4 Å². The van der Waals surface area contributed by atoms with E-state index in [2.05, 4.69) is 29.4 Å². The standard InChI is InChI=1S/C25H35N3O3S.C24H33N3O3S/c1-2-7-32-25-20(3-4-21(26-25)28-6-5-15(14-28)13-22(29)30)24(31)27-23-18-9-16-8-17(11-18)12-19(23)10-16;1-2-7-31-23-19(3-4-20(25-23)27-6-5-16(13-27)24(29)30)22(28)26-21-17-9-14-8-15(11-17)12-18(21)10-14/h3-4,15-19,23H,2,5-14H2,1H3,(H,27,31)(H,29,30);3-4,14-18,21H,2,5-13H2,1H3,(H,26,28)(H,29,30)/t15-,16?,17?,18?,19?,23?;14?,15?,16-,17?,18?,21?/m11/s1. The van der Waals surface area contributed by atoms with Crippen LogP contribution >= 0.6 is 23.5 Å². The Hall–Kier alpha value is -3.52. The predicted octanol–water partition coefficient (Wildman–Crippen LogP) is 8.49. The molecular weight excluding hydrogens is 833 g/mol. The molecular formula is C49H68N6O6S2. The van der Waals surface area contributed by atoms with Crippen LogP contribution in [-0.2, 0) is 9.59 Å². The molecule has 2 amide bonds. The Bertz CT molecular complexity index is 1960. The van der Waals surface area contributed by atoms with Gasteiger partial charge in [0.15, 0.2) is 0 Å². The fourth-order valence-corrected chi connectivity index (χ4v) is 15.3. The summed E-state index contributed by atoms with van der Waals surface area (Å²) in [4.78, 5) is 63.0. The minimum absolute atomic E-state index is 0.0139. The van der Waals surface area contributed by atoms with E-state index in [0.717, 1.165) is 89.2 Å². The first-order valence-electron chi connectivity index (χ1n) is 24.4. The summed E-state index contributed by atoms with van der Waals surface area (Å²) in [7, 11) is 0. The fraction of sp³-hybridized carbons (Fsp3) is 0.714. The first-order valence-corrected chi connectivity index (χ1v) is 26.3. The second-order valence-electron chi connectivity index (χ2n) is 20.6. The van der Waals surface area contributed by atoms with Crippen molar-refractivity contribution in [2.75, 3.05) is 47.5 Å². The molecule has 10 fully saturated rings. The van der Waals surface area contributed by atoms with Crippen molar-refractivity contribution in [1.82, 2.24) is 20.6 Å². The minimum Gasteiger partial charge on any atom is -0.481 e. The number of hydrogen-bond donors (Lipinski definition) is 4. The molecule has 4 heterocycles. The van der Waals surface area contributed by atoms with Gasteiger partial charge in [-0.2, -0.15) is 0 Å². The molecule has 2 saturated heterocycles. The molecule has 12 rings (SSSR count). The van der Waals surface area contributed by atoms with E-state index in [1.807, 2.05) is 29.2 Å². The highest BCUT2D eigenvalue weighted by molar-refractivity contribution is 7.99. The second kappa shape index (κ2) is 19.5. The summed E-state index contributed by atoms with van der Waals surface area (Å²) in [5.41, 5.74) is 1.37. The van der Waals surface area contributed by atoms with E-state index in [-0.39, 0.29) is 30.1 Å². The predicted molar refractivity (Wildman–Crippen MR) is 248 cm³/mol. The molecule has 8 bridgehead atoms. The molecule has 8 aliphatic carbocycles. The molecule has 2 aromatic heterocycles. The molecule has 2 atom stereocenters. The van der Waals surface area contributed by atoms with Crippen molar-refractivity contribution in [3.05, 3.63) is 35.4 Å². The number of amides is 2. The Kier molecular flexibility index (Phi) is 13.8. The number of pyridine rings is 2. The van der Waals surface area contributed by atoms with Crippen LogP contribution in [-0.4, -0.2) is 93.7 Å². The number of carbonyl (C=O) groups is 4. The SMILES string of the molecule is CCCSc1nc(N2CC[C@@H](C(=O)O)C2)ccc1C(=O)NC1C2CC3CC(C2)CC1C3.CCCSc1nc(N2CC[C@H](CC(=O)O)C2)ccc1C(=O)NC1C2CC3CC(C2)CC1C3. The third-order valence-electron chi connectivity index (χ3n) is 16.0. The summed E-state index contributed by atoms with van der Waals surface area (Å²) in [5.74, 6) is 8.07. The van der Waals surface area contributed by atoms with Crippen molar-refractivity contribution < 1.29 is 29.4 Å². The molecule has 12 nitrogen and oxygen atoms in total. The van der Waals surface area contributed by atoms with Gasteiger partial charge >= 0.3 is 11.9 Å². The van der Waals surface area contributed by atoms with Crippen molar-refractivity contribution >= 4 is 58.9 Å². The Labute approximate surface area is 381 Å². The lowest BCUT2D eigenvalue weighted by Crippen LogP contribution is -2.55. The second-order valence-corrected chi connectivity index (χ2v) is 22.7. The summed E-state index contributed by atoms with van der Waals surface area (Å²) >= 11 is 3.29. The molecule has 2 aromatic rings. The van der Waals surface area contributed by atoms with Crippen LogP contribution in [0, 0.1) is 59.2 Å². The van der Waals surface area contributed by atoms with Crippen LogP contribution in [0.4, 0.5) is 11.6 Å². The van der Waals surface area contributed by atoms with Gasteiger partial charge in [-0.25, -0.2) is 9.97 Å². The molecule has 8 saturated carbocycles. The molecule has 0 unspecified atom stereocenters. The van der Waals surface area contributed by atoms with E-state index in [9.17, 15) is 24.3 Å². The van der Waals surface area contributed by atoms with Crippen LogP contribution in [0.2, 0.25) is 0 Å². The van der Waals surface area contributed by atoms with Gasteiger partial charge in [0.25, 0.3) is 11.8 Å². The van der Waals surface area contributed by atoms with Gasteiger partial charge in [-0.15, -0.1) is 23.5 Å². The normalized spacial score (nSPS) is 33.3. The molecule has 14 heteroatoms. The lowest BCUT2D eigenvalue weighted by molar-refractivity contribution is -0.141. The van der Waals surface area contributed by atoms with E-state index in [4.69, 9.17) is 15.1 Å². The molecule has 4 N–H and O–H groups in total. The number of thioether (sulfide) groups is 2. The Morgan fingerprint density at radius 3 is 1.44 bits per heavy atom. The Morgan fingerprint density at radius 2 is 1.05 bits per heavy atom. The number of hydrogen-bond acceptors (Lipinski definition) is 10. The van der Waals surface area contributed by atoms with E-state index in [1.54, 1.807) is 23.5 Å². The van der Waals surface area contributed by atoms with Crippen LogP contribution in [0.1, 0.15) is 131 Å². The monoisotopic (exact) mass is 900 g/mol. The number of rotatable bonds is 15. The molecule has 10 aliphatic rings. The molecule has 0 aromatic carbocycles. The number of carbonyl (C=O) groups excluding carboxylic acids is 2. The van der Waals surface area contributed by atoms with E-state index in [1.165, 1.54) is 64.2 Å². The summed E-state index contributed by atoms with van der Waals surface area (Å²) in [5, 5.41) is 26.9. The van der Waals surface area contributed by atoms with Gasteiger partial charge in [0.1, 0.15) is 21.7 Å². The lowest BCUT2D eigenvalue weighted by Gasteiger charge is -2.54. The quantitative estimate of drug-likeness (QED) is 0.126. The molecule has 342 valence electrons. The molecule has 0 spiro atoms. The van der Waals surface area contributed by atoms with Crippen molar-refractivity contribution in [3.8, 4) is 0 Å². The summed E-state index contributed by atoms with van der Waals surface area (Å²) in [6, 6.07) is 8.33. The first-order chi connectivity index (χ1) is 30.5. The van der Waals surface area contributed by atoms with Crippen LogP contribution in [0.5, 0.6) is 0 Å². The number of carboxylic acid groups (broad SMARTS) is 2. The van der Waals surface area contributed by atoms with E-state index >= 15 is 0 Å². The molecule has 0 radical (unpaired) electrons. The molecule has 63 heavy (non-hydrogen) atoms. The van der Waals surface area contributed by atoms with Crippen LogP contribution in [0.25, 0.3) is 0 Å². The maximum atomic E-state index is 13.4. The average molecular weight is 901 g/mol. The first kappa shape index (κ1) is 44.7. The Morgan fingerprint density at radius 1 is 0.619 bits per heavy atom. The van der Waals surface area contributed by atoms with Crippen molar-refractivity contribution in [2.45, 2.75) is 132 Å². The molecule has 2 aliphatic heterocycles. The number of anilines is 2. The van der Waals surface area contributed by atoms with Crippen LogP contribution in [0.3, 0.4) is 0 Å². The lowest BCUT2D eigenvalue weighted by atomic mass is 9.54. The maximum absolute atomic E-state index is 13.4. The van der Waals surface area contributed by atoms with Gasteiger partial charge < -0.3 is 30.6 Å². The van der Waals surface area contributed by atoms with Gasteiger partial charge in [-0.3, -0.25) is 19.2 Å². The number of aliphatic carboxylic acids is 2. The van der Waals surface area contributed by atoms with Gasteiger partial charge in [0.05, 0.1) is 17.0 Å². The zero-order chi connectivity index (χ0) is 43.8. The van der Waals surface area contributed by atoms with Crippen molar-refractivity contribution in [3.63, 3.8) is 0 Å². The van der Waals surface area contributed by atoms with Gasteiger partial charge in [-0.1, -0.05) is 13.8 Å². The smallest absolute Gasteiger partial charge is 0.308 e. The highest BCUT2D eigenvalue weighted by atomic mass is 32.2. The van der Waals surface area contributed by atoms with Crippen molar-refractivity contribution in [1.29, 1.82) is 0 Å². The number of nitrogens with one attached hydrogen (secondary N) is 2. The highest BCUT2D eigenvalue weighted by Crippen LogP contribution is 2.55. The third kappa shape index (κ3) is 10.0. The van der Waals surface area contributed by atoms with Gasteiger partial charge in [0, 0.05) is 44.7 Å². The number of carboxylic acids is 2. The highest BCUT2D eigenvalue weighted by Gasteiger charge is 2.50. The summed E-state index contributed by atoms with van der Waals surface area (Å²) in [6.07, 6.45) is 16.9. The van der Waals surface area contributed by atoms with Crippen molar-refractivity contribution in [2.24, 2.45) is 59.2 Å². The van der Waals surface area contributed by atoms with Gasteiger partial charge in [-0.05, 0) is 179 Å². The summed E-state index contributed by atoms with van der Waals surface area (Å²) < 4.78 is 0. The topological polar surface area (TPSA) is 165 Å². The fourth-order valence-electron chi connectivity index (χ4n) is 13.6.